The number of nitro groups is 1. The third-order valence-corrected chi connectivity index (χ3v) is 2.21. The number of carbonyl (C=O) groups excluding carboxylic acids is 1. The van der Waals surface area contributed by atoms with Crippen molar-refractivity contribution in [2.75, 3.05) is 0 Å². The lowest BCUT2D eigenvalue weighted by molar-refractivity contribution is -0.384. The zero-order valence-electron chi connectivity index (χ0n) is 8.88. The second-order valence-electron chi connectivity index (χ2n) is 3.68. The van der Waals surface area contributed by atoms with E-state index in [1.54, 1.807) is 0 Å². The van der Waals surface area contributed by atoms with Gasteiger partial charge in [0.15, 0.2) is 0 Å². The van der Waals surface area contributed by atoms with Gasteiger partial charge >= 0.3 is 5.97 Å². The van der Waals surface area contributed by atoms with Crippen LogP contribution < -0.4 is 4.74 Å². The molecule has 0 atom stereocenters. The Morgan fingerprint density at radius 1 is 1.35 bits per heavy atom. The van der Waals surface area contributed by atoms with Crippen LogP contribution in [0.5, 0.6) is 5.75 Å². The lowest BCUT2D eigenvalue weighted by Gasteiger charge is -1.98. The van der Waals surface area contributed by atoms with Gasteiger partial charge in [0, 0.05) is 24.0 Å². The second-order valence-corrected chi connectivity index (χ2v) is 3.68. The molecule has 0 bridgehead atoms. The van der Waals surface area contributed by atoms with Crippen molar-refractivity contribution in [2.45, 2.75) is 12.8 Å². The number of hydrogen-bond donors (Lipinski definition) is 0. The van der Waals surface area contributed by atoms with E-state index in [1.807, 2.05) is 0 Å². The van der Waals surface area contributed by atoms with Gasteiger partial charge < -0.3 is 4.74 Å². The Labute approximate surface area is 97.5 Å². The van der Waals surface area contributed by atoms with Crippen LogP contribution in [0.1, 0.15) is 12.8 Å². The molecule has 1 aliphatic carbocycles. The first kappa shape index (κ1) is 11.1. The molecule has 0 heterocycles. The largest absolute Gasteiger partial charge is 0.417 e. The van der Waals surface area contributed by atoms with Crippen molar-refractivity contribution in [3.63, 3.8) is 0 Å². The van der Waals surface area contributed by atoms with E-state index in [0.717, 1.165) is 12.8 Å². The first-order chi connectivity index (χ1) is 8.15. The van der Waals surface area contributed by atoms with Crippen LogP contribution in [-0.4, -0.2) is 10.9 Å². The third-order valence-electron chi connectivity index (χ3n) is 2.21. The van der Waals surface area contributed by atoms with Gasteiger partial charge in [-0.05, 0) is 25.0 Å². The molecule has 5 heteroatoms. The molecule has 0 N–H and O–H groups in total. The fraction of sp³-hybridized carbons (Fsp3) is 0.250. The first-order valence-corrected chi connectivity index (χ1v) is 5.13. The van der Waals surface area contributed by atoms with Crippen LogP contribution in [0.25, 0.3) is 0 Å². The zero-order valence-corrected chi connectivity index (χ0v) is 8.88. The van der Waals surface area contributed by atoms with Crippen LogP contribution in [0.15, 0.2) is 24.3 Å². The summed E-state index contributed by atoms with van der Waals surface area (Å²) in [6.07, 6.45) is 2.08. The van der Waals surface area contributed by atoms with Gasteiger partial charge in [-0.2, -0.15) is 0 Å². The van der Waals surface area contributed by atoms with Crippen LogP contribution in [0.4, 0.5) is 5.69 Å². The Morgan fingerprint density at radius 2 is 2.00 bits per heavy atom. The maximum absolute atomic E-state index is 11.2. The van der Waals surface area contributed by atoms with Gasteiger partial charge in [-0.3, -0.25) is 10.1 Å². The number of esters is 1. The van der Waals surface area contributed by atoms with Crippen molar-refractivity contribution in [1.82, 2.24) is 0 Å². The van der Waals surface area contributed by atoms with Crippen molar-refractivity contribution in [3.05, 3.63) is 34.4 Å². The van der Waals surface area contributed by atoms with Gasteiger partial charge in [-0.15, -0.1) is 0 Å². The highest BCUT2D eigenvalue weighted by molar-refractivity contribution is 5.90. The number of benzene rings is 1. The summed E-state index contributed by atoms with van der Waals surface area (Å²) in [7, 11) is 0. The molecule has 17 heavy (non-hydrogen) atoms. The SMILES string of the molecule is O=C(C#CC1CC1)Oc1ccc([N+](=O)[O-])cc1. The lowest BCUT2D eigenvalue weighted by Crippen LogP contribution is -2.04. The summed E-state index contributed by atoms with van der Waals surface area (Å²) in [5, 5.41) is 10.4. The summed E-state index contributed by atoms with van der Waals surface area (Å²) in [4.78, 5) is 21.1. The second kappa shape index (κ2) is 4.66. The molecule has 2 rings (SSSR count). The smallest absolute Gasteiger partial charge is 0.389 e. The third kappa shape index (κ3) is 3.31. The zero-order chi connectivity index (χ0) is 12.3. The molecule has 1 saturated carbocycles. The summed E-state index contributed by atoms with van der Waals surface area (Å²) < 4.78 is 4.89. The summed E-state index contributed by atoms with van der Waals surface area (Å²) in [6, 6.07) is 5.29. The molecule has 5 nitrogen and oxygen atoms in total. The van der Waals surface area contributed by atoms with Gasteiger partial charge in [-0.1, -0.05) is 5.92 Å². The van der Waals surface area contributed by atoms with Gasteiger partial charge in [0.25, 0.3) is 5.69 Å². The van der Waals surface area contributed by atoms with Crippen LogP contribution in [-0.2, 0) is 4.79 Å². The molecule has 0 spiro atoms. The fourth-order valence-corrected chi connectivity index (χ4v) is 1.16. The van der Waals surface area contributed by atoms with Gasteiger partial charge in [0.05, 0.1) is 4.92 Å². The first-order valence-electron chi connectivity index (χ1n) is 5.13. The molecule has 1 aromatic rings. The molecule has 0 saturated heterocycles. The minimum Gasteiger partial charge on any atom is -0.417 e. The molecule has 86 valence electrons. The summed E-state index contributed by atoms with van der Waals surface area (Å²) in [5.41, 5.74) is -0.0473. The number of ether oxygens (including phenoxy) is 1. The van der Waals surface area contributed by atoms with Gasteiger partial charge in [0.2, 0.25) is 0 Å². The minimum atomic E-state index is -0.634. The molecular weight excluding hydrogens is 222 g/mol. The maximum Gasteiger partial charge on any atom is 0.389 e. The molecule has 0 amide bonds. The molecule has 0 aromatic heterocycles. The van der Waals surface area contributed by atoms with Gasteiger partial charge in [-0.25, -0.2) is 4.79 Å². The van der Waals surface area contributed by atoms with E-state index < -0.39 is 10.9 Å². The van der Waals surface area contributed by atoms with E-state index in [1.165, 1.54) is 24.3 Å². The summed E-state index contributed by atoms with van der Waals surface area (Å²) in [6.45, 7) is 0. The summed E-state index contributed by atoms with van der Waals surface area (Å²) >= 11 is 0. The molecule has 1 aliphatic rings. The fourth-order valence-electron chi connectivity index (χ4n) is 1.16. The Hall–Kier alpha value is -2.35. The van der Waals surface area contributed by atoms with E-state index in [9.17, 15) is 14.9 Å². The number of non-ortho nitro benzene ring substituents is 1. The quantitative estimate of drug-likeness (QED) is 0.195. The number of carbonyl (C=O) groups is 1. The number of rotatable bonds is 2. The highest BCUT2D eigenvalue weighted by Gasteiger charge is 2.18. The highest BCUT2D eigenvalue weighted by Crippen LogP contribution is 2.27. The van der Waals surface area contributed by atoms with E-state index >= 15 is 0 Å². The average Bonchev–Trinajstić information content (AvgIpc) is 3.11. The van der Waals surface area contributed by atoms with Crippen LogP contribution in [0, 0.1) is 27.9 Å². The van der Waals surface area contributed by atoms with Crippen molar-refractivity contribution in [1.29, 1.82) is 0 Å². The number of nitro benzene ring substituents is 1. The predicted molar refractivity (Wildman–Crippen MR) is 59.2 cm³/mol. The van der Waals surface area contributed by atoms with Crippen molar-refractivity contribution in [2.24, 2.45) is 5.92 Å². The van der Waals surface area contributed by atoms with Crippen LogP contribution in [0.3, 0.4) is 0 Å². The van der Waals surface area contributed by atoms with E-state index in [4.69, 9.17) is 4.74 Å². The van der Waals surface area contributed by atoms with Crippen LogP contribution >= 0.6 is 0 Å². The molecule has 0 aliphatic heterocycles. The van der Waals surface area contributed by atoms with E-state index in [-0.39, 0.29) is 11.4 Å². The minimum absolute atomic E-state index is 0.0473. The predicted octanol–water partition coefficient (Wildman–Crippen LogP) is 1.91. The van der Waals surface area contributed by atoms with E-state index in [2.05, 4.69) is 11.8 Å². The number of hydrogen-bond acceptors (Lipinski definition) is 4. The molecule has 0 radical (unpaired) electrons. The van der Waals surface area contributed by atoms with Gasteiger partial charge in [0.1, 0.15) is 5.75 Å². The topological polar surface area (TPSA) is 69.4 Å². The van der Waals surface area contributed by atoms with Crippen molar-refractivity contribution < 1.29 is 14.5 Å². The highest BCUT2D eigenvalue weighted by atomic mass is 16.6. The maximum atomic E-state index is 11.2. The Bertz CT molecular complexity index is 506. The van der Waals surface area contributed by atoms with Crippen LogP contribution in [0.2, 0.25) is 0 Å². The summed E-state index contributed by atoms with van der Waals surface area (Å²) in [5.74, 6) is 5.11. The molecule has 1 aromatic carbocycles. The standard InChI is InChI=1S/C12H9NO4/c14-12(8-3-9-1-2-9)17-11-6-4-10(5-7-11)13(15)16/h4-7,9H,1-2H2. The van der Waals surface area contributed by atoms with Crippen molar-refractivity contribution in [3.8, 4) is 17.6 Å². The normalized spacial score (nSPS) is 13.4. The molecule has 1 fully saturated rings. The Balaban J connectivity index is 1.96. The number of nitrogens with zero attached hydrogens (tertiary/aromatic N) is 1. The average molecular weight is 231 g/mol. The Morgan fingerprint density at radius 3 is 2.53 bits per heavy atom. The Kier molecular flexibility index (Phi) is 3.06. The molecule has 0 unspecified atom stereocenters. The lowest BCUT2D eigenvalue weighted by atomic mass is 10.3. The molecular formula is C12H9NO4. The van der Waals surface area contributed by atoms with E-state index in [0.29, 0.717) is 5.92 Å². The monoisotopic (exact) mass is 231 g/mol. The van der Waals surface area contributed by atoms with Crippen molar-refractivity contribution >= 4 is 11.7 Å².